The molecule has 1 nitrogen and oxygen atoms in total. The van der Waals surface area contributed by atoms with Gasteiger partial charge in [0.15, 0.2) is 0 Å². The molecule has 2 heteroatoms. The Bertz CT molecular complexity index is 333. The Morgan fingerprint density at radius 1 is 1.46 bits per heavy atom. The van der Waals surface area contributed by atoms with Crippen LogP contribution in [-0.4, -0.2) is 0 Å². The summed E-state index contributed by atoms with van der Waals surface area (Å²) in [6, 6.07) is 4.53. The van der Waals surface area contributed by atoms with E-state index in [4.69, 9.17) is 5.73 Å². The molecule has 1 atom stereocenters. The predicted molar refractivity (Wildman–Crippen MR) is 58.7 cm³/mol. The molecule has 0 saturated carbocycles. The van der Waals surface area contributed by atoms with Crippen molar-refractivity contribution >= 4 is 15.9 Å². The first kappa shape index (κ1) is 9.22. The molecule has 2 rings (SSSR count). The van der Waals surface area contributed by atoms with Gasteiger partial charge in [-0.05, 0) is 48.9 Å². The largest absolute Gasteiger partial charge is 0.324 e. The van der Waals surface area contributed by atoms with Crippen LogP contribution in [0.15, 0.2) is 16.6 Å². The molecule has 0 amide bonds. The van der Waals surface area contributed by atoms with Crippen molar-refractivity contribution < 1.29 is 0 Å². The number of halogens is 1. The Labute approximate surface area is 87.5 Å². The molecule has 1 aromatic carbocycles. The Morgan fingerprint density at radius 3 is 3.00 bits per heavy atom. The van der Waals surface area contributed by atoms with Gasteiger partial charge in [0.1, 0.15) is 0 Å². The highest BCUT2D eigenvalue weighted by Crippen LogP contribution is 2.33. The number of hydrogen-bond acceptors (Lipinski definition) is 1. The molecule has 70 valence electrons. The van der Waals surface area contributed by atoms with Gasteiger partial charge in [-0.1, -0.05) is 22.0 Å². The van der Waals surface area contributed by atoms with Crippen LogP contribution in [0.5, 0.6) is 0 Å². The van der Waals surface area contributed by atoms with Gasteiger partial charge in [0.05, 0.1) is 0 Å². The zero-order chi connectivity index (χ0) is 9.42. The lowest BCUT2D eigenvalue weighted by molar-refractivity contribution is 0.568. The molecule has 0 aliphatic heterocycles. The second-order valence-electron chi connectivity index (χ2n) is 3.74. The van der Waals surface area contributed by atoms with Crippen LogP contribution in [-0.2, 0) is 6.42 Å². The molecular weight excluding hydrogens is 226 g/mol. The first-order valence-electron chi connectivity index (χ1n) is 4.73. The van der Waals surface area contributed by atoms with E-state index in [0.717, 1.165) is 6.42 Å². The number of rotatable bonds is 0. The minimum atomic E-state index is 0.260. The van der Waals surface area contributed by atoms with Gasteiger partial charge in [-0.15, -0.1) is 0 Å². The molecule has 0 fully saturated rings. The third-order valence-corrected chi connectivity index (χ3v) is 3.77. The fourth-order valence-corrected chi connectivity index (χ4v) is 2.45. The smallest absolute Gasteiger partial charge is 0.0297 e. The van der Waals surface area contributed by atoms with E-state index in [1.807, 2.05) is 0 Å². The van der Waals surface area contributed by atoms with Crippen LogP contribution in [0.4, 0.5) is 0 Å². The summed E-state index contributed by atoms with van der Waals surface area (Å²) in [7, 11) is 0. The third kappa shape index (κ3) is 1.53. The predicted octanol–water partition coefficient (Wildman–Crippen LogP) is 3.09. The van der Waals surface area contributed by atoms with Crippen molar-refractivity contribution in [2.75, 3.05) is 0 Å². The van der Waals surface area contributed by atoms with Crippen molar-refractivity contribution in [3.05, 3.63) is 33.3 Å². The normalized spacial score (nSPS) is 21.3. The van der Waals surface area contributed by atoms with E-state index in [1.54, 1.807) is 0 Å². The molecule has 0 bridgehead atoms. The van der Waals surface area contributed by atoms with Gasteiger partial charge < -0.3 is 5.73 Å². The summed E-state index contributed by atoms with van der Waals surface area (Å²) in [6.07, 6.45) is 3.55. The molecule has 0 heterocycles. The summed E-state index contributed by atoms with van der Waals surface area (Å²) in [5, 5.41) is 0. The highest BCUT2D eigenvalue weighted by Gasteiger charge is 2.18. The lowest BCUT2D eigenvalue weighted by Gasteiger charge is -2.24. The molecule has 0 aromatic heterocycles. The minimum Gasteiger partial charge on any atom is -0.324 e. The SMILES string of the molecule is Cc1c(Br)ccc2c1CCCC2N. The van der Waals surface area contributed by atoms with Crippen molar-refractivity contribution in [2.45, 2.75) is 32.2 Å². The molecule has 1 aromatic rings. The van der Waals surface area contributed by atoms with Crippen LogP contribution in [0.3, 0.4) is 0 Å². The topological polar surface area (TPSA) is 26.0 Å². The fraction of sp³-hybridized carbons (Fsp3) is 0.455. The van der Waals surface area contributed by atoms with Gasteiger partial charge in [-0.2, -0.15) is 0 Å². The molecule has 1 unspecified atom stereocenters. The van der Waals surface area contributed by atoms with Crippen molar-refractivity contribution in [3.63, 3.8) is 0 Å². The minimum absolute atomic E-state index is 0.260. The van der Waals surface area contributed by atoms with Gasteiger partial charge in [0, 0.05) is 10.5 Å². The van der Waals surface area contributed by atoms with Crippen LogP contribution in [0.1, 0.15) is 35.6 Å². The van der Waals surface area contributed by atoms with Gasteiger partial charge >= 0.3 is 0 Å². The second kappa shape index (κ2) is 3.43. The van der Waals surface area contributed by atoms with E-state index in [-0.39, 0.29) is 6.04 Å². The molecule has 2 N–H and O–H groups in total. The Hall–Kier alpha value is -0.340. The monoisotopic (exact) mass is 239 g/mol. The molecular formula is C11H14BrN. The number of benzene rings is 1. The van der Waals surface area contributed by atoms with Gasteiger partial charge in [0.25, 0.3) is 0 Å². The van der Waals surface area contributed by atoms with Crippen molar-refractivity contribution in [1.82, 2.24) is 0 Å². The second-order valence-corrected chi connectivity index (χ2v) is 4.59. The molecule has 1 aliphatic carbocycles. The summed E-state index contributed by atoms with van der Waals surface area (Å²) in [5.74, 6) is 0. The number of fused-ring (bicyclic) bond motifs is 1. The van der Waals surface area contributed by atoms with Crippen molar-refractivity contribution in [1.29, 1.82) is 0 Å². The van der Waals surface area contributed by atoms with Gasteiger partial charge in [-0.3, -0.25) is 0 Å². The molecule has 1 aliphatic rings. The van der Waals surface area contributed by atoms with E-state index in [9.17, 15) is 0 Å². The summed E-state index contributed by atoms with van der Waals surface area (Å²) in [5.41, 5.74) is 10.2. The van der Waals surface area contributed by atoms with Gasteiger partial charge in [-0.25, -0.2) is 0 Å². The van der Waals surface area contributed by atoms with Crippen LogP contribution >= 0.6 is 15.9 Å². The van der Waals surface area contributed by atoms with E-state index in [0.29, 0.717) is 0 Å². The number of hydrogen-bond donors (Lipinski definition) is 1. The van der Waals surface area contributed by atoms with Crippen LogP contribution in [0.2, 0.25) is 0 Å². The Kier molecular flexibility index (Phi) is 2.43. The maximum Gasteiger partial charge on any atom is 0.0297 e. The maximum atomic E-state index is 6.05. The summed E-state index contributed by atoms with van der Waals surface area (Å²) >= 11 is 3.55. The van der Waals surface area contributed by atoms with E-state index >= 15 is 0 Å². The van der Waals surface area contributed by atoms with E-state index in [2.05, 4.69) is 35.0 Å². The van der Waals surface area contributed by atoms with Crippen molar-refractivity contribution in [2.24, 2.45) is 5.73 Å². The molecule has 0 radical (unpaired) electrons. The Morgan fingerprint density at radius 2 is 2.23 bits per heavy atom. The van der Waals surface area contributed by atoms with E-state index < -0.39 is 0 Å². The highest BCUT2D eigenvalue weighted by atomic mass is 79.9. The average Bonchev–Trinajstić information content (AvgIpc) is 2.12. The van der Waals surface area contributed by atoms with Crippen LogP contribution < -0.4 is 5.73 Å². The van der Waals surface area contributed by atoms with E-state index in [1.165, 1.54) is 34.0 Å². The molecule has 13 heavy (non-hydrogen) atoms. The summed E-state index contributed by atoms with van der Waals surface area (Å²) in [4.78, 5) is 0. The summed E-state index contributed by atoms with van der Waals surface area (Å²) < 4.78 is 1.21. The summed E-state index contributed by atoms with van der Waals surface area (Å²) in [6.45, 7) is 2.17. The first-order chi connectivity index (χ1) is 6.20. The van der Waals surface area contributed by atoms with Crippen LogP contribution in [0.25, 0.3) is 0 Å². The zero-order valence-electron chi connectivity index (χ0n) is 7.81. The first-order valence-corrected chi connectivity index (χ1v) is 5.53. The van der Waals surface area contributed by atoms with Crippen LogP contribution in [0, 0.1) is 6.92 Å². The average molecular weight is 240 g/mol. The fourth-order valence-electron chi connectivity index (χ4n) is 2.08. The maximum absolute atomic E-state index is 6.05. The van der Waals surface area contributed by atoms with Gasteiger partial charge in [0.2, 0.25) is 0 Å². The number of nitrogens with two attached hydrogens (primary N) is 1. The quantitative estimate of drug-likeness (QED) is 0.740. The zero-order valence-corrected chi connectivity index (χ0v) is 9.39. The Balaban J connectivity index is 2.56. The standard InChI is InChI=1S/C11H14BrN/c1-7-8-3-2-4-11(13)9(8)5-6-10(7)12/h5-6,11H,2-4,13H2,1H3. The molecule has 0 saturated heterocycles. The highest BCUT2D eigenvalue weighted by molar-refractivity contribution is 9.10. The molecule has 0 spiro atoms. The van der Waals surface area contributed by atoms with Crippen molar-refractivity contribution in [3.8, 4) is 0 Å². The lowest BCUT2D eigenvalue weighted by atomic mass is 9.86. The third-order valence-electron chi connectivity index (χ3n) is 2.91. The lowest BCUT2D eigenvalue weighted by Crippen LogP contribution is -2.18.